The molecule has 6 heteroatoms. The zero-order valence-corrected chi connectivity index (χ0v) is 14.0. The minimum Gasteiger partial charge on any atom is -0.389 e. The van der Waals surface area contributed by atoms with E-state index in [9.17, 15) is 13.5 Å². The fourth-order valence-corrected chi connectivity index (χ4v) is 4.59. The van der Waals surface area contributed by atoms with Crippen LogP contribution in [0.25, 0.3) is 0 Å². The summed E-state index contributed by atoms with van der Waals surface area (Å²) >= 11 is 5.85. The lowest BCUT2D eigenvalue weighted by Crippen LogP contribution is -2.45. The first kappa shape index (κ1) is 16.7. The molecule has 0 spiro atoms. The third-order valence-corrected chi connectivity index (χ3v) is 5.88. The van der Waals surface area contributed by atoms with Gasteiger partial charge in [0, 0.05) is 11.6 Å². The molecule has 0 bridgehead atoms. The molecule has 2 atom stereocenters. The summed E-state index contributed by atoms with van der Waals surface area (Å²) in [6.45, 7) is 3.85. The smallest absolute Gasteiger partial charge is 0.240 e. The number of aryl methyl sites for hydroxylation is 1. The molecule has 0 heterocycles. The van der Waals surface area contributed by atoms with Crippen molar-refractivity contribution in [2.45, 2.75) is 50.0 Å². The van der Waals surface area contributed by atoms with Gasteiger partial charge in [-0.15, -0.1) is 0 Å². The number of aliphatic hydroxyl groups is 1. The van der Waals surface area contributed by atoms with Gasteiger partial charge in [-0.2, -0.15) is 0 Å². The highest BCUT2D eigenvalue weighted by Crippen LogP contribution is 2.32. The van der Waals surface area contributed by atoms with Crippen molar-refractivity contribution in [2.75, 3.05) is 6.54 Å². The van der Waals surface area contributed by atoms with Gasteiger partial charge in [-0.1, -0.05) is 31.4 Å². The summed E-state index contributed by atoms with van der Waals surface area (Å²) in [6, 6.07) is 4.67. The average molecular weight is 332 g/mol. The Balaban J connectivity index is 2.11. The maximum Gasteiger partial charge on any atom is 0.240 e. The predicted octanol–water partition coefficient (Wildman–Crippen LogP) is 2.87. The van der Waals surface area contributed by atoms with Crippen molar-refractivity contribution in [3.8, 4) is 0 Å². The summed E-state index contributed by atoms with van der Waals surface area (Å²) in [5, 5.41) is 11.0. The monoisotopic (exact) mass is 331 g/mol. The average Bonchev–Trinajstić information content (AvgIpc) is 2.36. The molecule has 118 valence electrons. The van der Waals surface area contributed by atoms with Crippen LogP contribution in [0.15, 0.2) is 23.1 Å². The van der Waals surface area contributed by atoms with Crippen LogP contribution in [0.5, 0.6) is 0 Å². The standard InChI is InChI=1S/C15H22ClNO3S/c1-11-4-3-7-15(18,9-11)10-17-21(19,20)14-6-5-13(16)8-12(14)2/h5-6,8,11,17-18H,3-4,7,9-10H2,1-2H3. The lowest BCUT2D eigenvalue weighted by Gasteiger charge is -2.35. The lowest BCUT2D eigenvalue weighted by atomic mass is 9.79. The number of nitrogens with one attached hydrogen (secondary N) is 1. The molecule has 1 aliphatic rings. The van der Waals surface area contributed by atoms with E-state index in [4.69, 9.17) is 11.6 Å². The highest BCUT2D eigenvalue weighted by molar-refractivity contribution is 7.89. The Kier molecular flexibility index (Phi) is 4.98. The number of hydrogen-bond acceptors (Lipinski definition) is 3. The molecular formula is C15H22ClNO3S. The van der Waals surface area contributed by atoms with Crippen molar-refractivity contribution in [2.24, 2.45) is 5.92 Å². The summed E-state index contributed by atoms with van der Waals surface area (Å²) in [6.07, 6.45) is 3.29. The first-order chi connectivity index (χ1) is 9.72. The fourth-order valence-electron chi connectivity index (χ4n) is 3.01. The largest absolute Gasteiger partial charge is 0.389 e. The molecule has 1 saturated carbocycles. The van der Waals surface area contributed by atoms with E-state index in [-0.39, 0.29) is 11.4 Å². The number of halogens is 1. The van der Waals surface area contributed by atoms with Gasteiger partial charge >= 0.3 is 0 Å². The van der Waals surface area contributed by atoms with Crippen LogP contribution in [0.2, 0.25) is 5.02 Å². The molecule has 1 aromatic carbocycles. The summed E-state index contributed by atoms with van der Waals surface area (Å²) in [4.78, 5) is 0.208. The predicted molar refractivity (Wildman–Crippen MR) is 84.0 cm³/mol. The molecular weight excluding hydrogens is 310 g/mol. The summed E-state index contributed by atoms with van der Waals surface area (Å²) in [7, 11) is -3.63. The van der Waals surface area contributed by atoms with Gasteiger partial charge in [-0.05, 0) is 49.4 Å². The van der Waals surface area contributed by atoms with Gasteiger partial charge in [0.05, 0.1) is 10.5 Å². The highest BCUT2D eigenvalue weighted by Gasteiger charge is 2.34. The Hall–Kier alpha value is -0.620. The van der Waals surface area contributed by atoms with Gasteiger partial charge in [0.2, 0.25) is 10.0 Å². The molecule has 2 rings (SSSR count). The number of benzene rings is 1. The van der Waals surface area contributed by atoms with Crippen LogP contribution in [-0.4, -0.2) is 25.7 Å². The number of sulfonamides is 1. The molecule has 0 aromatic heterocycles. The molecule has 2 unspecified atom stereocenters. The summed E-state index contributed by atoms with van der Waals surface area (Å²) in [5.74, 6) is 0.422. The van der Waals surface area contributed by atoms with Crippen molar-refractivity contribution in [3.63, 3.8) is 0 Å². The van der Waals surface area contributed by atoms with E-state index < -0.39 is 15.6 Å². The van der Waals surface area contributed by atoms with Crippen molar-refractivity contribution in [1.82, 2.24) is 4.72 Å². The van der Waals surface area contributed by atoms with E-state index in [1.165, 1.54) is 6.07 Å². The molecule has 1 aromatic rings. The molecule has 0 aliphatic heterocycles. The van der Waals surface area contributed by atoms with Crippen molar-refractivity contribution in [3.05, 3.63) is 28.8 Å². The normalized spacial score (nSPS) is 26.8. The van der Waals surface area contributed by atoms with Crippen LogP contribution < -0.4 is 4.72 Å². The Morgan fingerprint density at radius 3 is 2.81 bits per heavy atom. The lowest BCUT2D eigenvalue weighted by molar-refractivity contribution is -0.00751. The second kappa shape index (κ2) is 6.24. The minimum atomic E-state index is -3.63. The fraction of sp³-hybridized carbons (Fsp3) is 0.600. The third kappa shape index (κ3) is 4.19. The molecule has 21 heavy (non-hydrogen) atoms. The summed E-state index contributed by atoms with van der Waals surface area (Å²) < 4.78 is 27.3. The molecule has 2 N–H and O–H groups in total. The Morgan fingerprint density at radius 2 is 2.19 bits per heavy atom. The Bertz CT molecular complexity index is 617. The summed E-state index contributed by atoms with van der Waals surface area (Å²) in [5.41, 5.74) is -0.343. The van der Waals surface area contributed by atoms with E-state index in [0.29, 0.717) is 29.3 Å². The number of hydrogen-bond donors (Lipinski definition) is 2. The van der Waals surface area contributed by atoms with Gasteiger partial charge < -0.3 is 5.11 Å². The quantitative estimate of drug-likeness (QED) is 0.891. The molecule has 4 nitrogen and oxygen atoms in total. The van der Waals surface area contributed by atoms with Crippen molar-refractivity contribution in [1.29, 1.82) is 0 Å². The van der Waals surface area contributed by atoms with E-state index in [1.807, 2.05) is 0 Å². The minimum absolute atomic E-state index is 0.0573. The molecule has 1 aliphatic carbocycles. The maximum absolute atomic E-state index is 12.4. The maximum atomic E-state index is 12.4. The van der Waals surface area contributed by atoms with Gasteiger partial charge in [-0.3, -0.25) is 0 Å². The Labute approximate surface area is 131 Å². The van der Waals surface area contributed by atoms with E-state index >= 15 is 0 Å². The van der Waals surface area contributed by atoms with Crippen LogP contribution in [0.1, 0.15) is 38.2 Å². The highest BCUT2D eigenvalue weighted by atomic mass is 35.5. The molecule has 1 fully saturated rings. The third-order valence-electron chi connectivity index (χ3n) is 4.09. The second-order valence-electron chi connectivity index (χ2n) is 6.16. The van der Waals surface area contributed by atoms with Gasteiger partial charge in [-0.25, -0.2) is 13.1 Å². The van der Waals surface area contributed by atoms with Crippen LogP contribution in [0.4, 0.5) is 0 Å². The first-order valence-corrected chi connectivity index (χ1v) is 9.06. The first-order valence-electron chi connectivity index (χ1n) is 7.20. The second-order valence-corrected chi connectivity index (χ2v) is 8.33. The van der Waals surface area contributed by atoms with E-state index in [1.54, 1.807) is 19.1 Å². The van der Waals surface area contributed by atoms with E-state index in [2.05, 4.69) is 11.6 Å². The van der Waals surface area contributed by atoms with Crippen LogP contribution >= 0.6 is 11.6 Å². The van der Waals surface area contributed by atoms with Crippen LogP contribution in [0, 0.1) is 12.8 Å². The SMILES string of the molecule is Cc1cc(Cl)ccc1S(=O)(=O)NCC1(O)CCCC(C)C1. The van der Waals surface area contributed by atoms with Gasteiger partial charge in [0.15, 0.2) is 0 Å². The van der Waals surface area contributed by atoms with Crippen LogP contribution in [0.3, 0.4) is 0 Å². The molecule has 0 saturated heterocycles. The topological polar surface area (TPSA) is 66.4 Å². The van der Waals surface area contributed by atoms with Gasteiger partial charge in [0.1, 0.15) is 0 Å². The van der Waals surface area contributed by atoms with Gasteiger partial charge in [0.25, 0.3) is 0 Å². The molecule has 0 amide bonds. The van der Waals surface area contributed by atoms with E-state index in [0.717, 1.165) is 12.8 Å². The van der Waals surface area contributed by atoms with Crippen molar-refractivity contribution < 1.29 is 13.5 Å². The van der Waals surface area contributed by atoms with Crippen molar-refractivity contribution >= 4 is 21.6 Å². The van der Waals surface area contributed by atoms with Crippen LogP contribution in [-0.2, 0) is 10.0 Å². The zero-order chi connectivity index (χ0) is 15.7. The molecule has 0 radical (unpaired) electrons. The Morgan fingerprint density at radius 1 is 1.48 bits per heavy atom. The number of rotatable bonds is 4. The zero-order valence-electron chi connectivity index (χ0n) is 12.4.